The Hall–Kier alpha value is -2.83. The Labute approximate surface area is 210 Å². The SMILES string of the molecule is Cc1nc(NCC(=O)NC2CN([C@H]3CC[C@](O)(c4cncs4)CC3)C2)c2cc(C(F)(F)F)ccc2n1. The number of fused-ring (bicyclic) bond motifs is 1. The number of anilines is 1. The molecule has 36 heavy (non-hydrogen) atoms. The molecule has 2 aromatic heterocycles. The summed E-state index contributed by atoms with van der Waals surface area (Å²) in [6, 6.07) is 3.69. The van der Waals surface area contributed by atoms with Crippen LogP contribution in [0.1, 0.15) is 41.9 Å². The number of rotatable bonds is 6. The summed E-state index contributed by atoms with van der Waals surface area (Å²) in [5.41, 5.74) is 0.539. The number of aryl methyl sites for hydroxylation is 1. The standard InChI is InChI=1S/C24H27F3N6O2S/c1-14-30-19-3-2-15(24(25,26)27)8-18(19)22(31-14)29-10-21(34)32-16-11-33(12-16)17-4-6-23(35,7-5-17)20-9-28-13-36-20/h2-3,8-9,13,16-17,35H,4-7,10-12H2,1H3,(H,32,34)(H,29,30,31)/t17-,23+. The van der Waals surface area contributed by atoms with Gasteiger partial charge in [0.1, 0.15) is 17.2 Å². The fourth-order valence-corrected chi connectivity index (χ4v) is 5.82. The smallest absolute Gasteiger partial charge is 0.384 e. The van der Waals surface area contributed by atoms with Gasteiger partial charge < -0.3 is 15.7 Å². The lowest BCUT2D eigenvalue weighted by Gasteiger charge is -2.48. The van der Waals surface area contributed by atoms with E-state index in [1.807, 2.05) is 0 Å². The number of carbonyl (C=O) groups excluding carboxylic acids is 1. The first-order valence-corrected chi connectivity index (χ1v) is 12.7. The van der Waals surface area contributed by atoms with E-state index in [1.165, 1.54) is 17.4 Å². The maximum absolute atomic E-state index is 13.2. The molecule has 1 aromatic carbocycles. The molecule has 1 saturated heterocycles. The van der Waals surface area contributed by atoms with E-state index in [0.29, 0.717) is 30.2 Å². The Bertz CT molecular complexity index is 1240. The van der Waals surface area contributed by atoms with E-state index in [4.69, 9.17) is 0 Å². The van der Waals surface area contributed by atoms with Crippen LogP contribution in [0.25, 0.3) is 10.9 Å². The molecule has 5 rings (SSSR count). The summed E-state index contributed by atoms with van der Waals surface area (Å²) in [7, 11) is 0. The highest BCUT2D eigenvalue weighted by atomic mass is 32.1. The van der Waals surface area contributed by atoms with E-state index in [9.17, 15) is 23.1 Å². The Morgan fingerprint density at radius 3 is 2.67 bits per heavy atom. The maximum Gasteiger partial charge on any atom is 0.416 e. The first kappa shape index (κ1) is 24.8. The third kappa shape index (κ3) is 5.16. The lowest BCUT2D eigenvalue weighted by Crippen LogP contribution is -2.63. The lowest BCUT2D eigenvalue weighted by atomic mass is 9.80. The third-order valence-electron chi connectivity index (χ3n) is 7.02. The molecular formula is C24H27F3N6O2S. The summed E-state index contributed by atoms with van der Waals surface area (Å²) in [5, 5.41) is 17.0. The van der Waals surface area contributed by atoms with Crippen LogP contribution in [0.5, 0.6) is 0 Å². The number of halogens is 3. The number of likely N-dealkylation sites (tertiary alicyclic amines) is 1. The average molecular weight is 521 g/mol. The van der Waals surface area contributed by atoms with Crippen molar-refractivity contribution in [3.63, 3.8) is 0 Å². The van der Waals surface area contributed by atoms with Crippen molar-refractivity contribution < 1.29 is 23.1 Å². The van der Waals surface area contributed by atoms with E-state index < -0.39 is 17.3 Å². The van der Waals surface area contributed by atoms with Gasteiger partial charge >= 0.3 is 6.18 Å². The van der Waals surface area contributed by atoms with Crippen molar-refractivity contribution in [1.82, 2.24) is 25.2 Å². The van der Waals surface area contributed by atoms with Crippen LogP contribution in [-0.4, -0.2) is 62.6 Å². The van der Waals surface area contributed by atoms with Crippen LogP contribution >= 0.6 is 11.3 Å². The molecule has 192 valence electrons. The first-order chi connectivity index (χ1) is 17.1. The maximum atomic E-state index is 13.2. The van der Waals surface area contributed by atoms with E-state index in [1.54, 1.807) is 18.6 Å². The number of amides is 1. The second-order valence-corrected chi connectivity index (χ2v) is 10.4. The van der Waals surface area contributed by atoms with Gasteiger partial charge in [0.15, 0.2) is 0 Å². The van der Waals surface area contributed by atoms with Crippen LogP contribution < -0.4 is 10.6 Å². The van der Waals surface area contributed by atoms with Gasteiger partial charge in [0.05, 0.1) is 34.1 Å². The van der Waals surface area contributed by atoms with Crippen LogP contribution in [-0.2, 0) is 16.6 Å². The molecule has 1 aliphatic carbocycles. The number of thiazole rings is 1. The molecule has 0 unspecified atom stereocenters. The van der Waals surface area contributed by atoms with Gasteiger partial charge in [-0.1, -0.05) is 0 Å². The Morgan fingerprint density at radius 1 is 1.25 bits per heavy atom. The van der Waals surface area contributed by atoms with Gasteiger partial charge in [-0.3, -0.25) is 14.7 Å². The zero-order chi connectivity index (χ0) is 25.5. The van der Waals surface area contributed by atoms with Crippen molar-refractivity contribution >= 4 is 34.0 Å². The molecule has 8 nitrogen and oxygen atoms in total. The van der Waals surface area contributed by atoms with E-state index >= 15 is 0 Å². The number of hydrogen-bond donors (Lipinski definition) is 3. The lowest BCUT2D eigenvalue weighted by molar-refractivity contribution is -0.137. The molecule has 1 amide bonds. The van der Waals surface area contributed by atoms with Crippen molar-refractivity contribution in [3.05, 3.63) is 46.2 Å². The van der Waals surface area contributed by atoms with Crippen molar-refractivity contribution in [2.45, 2.75) is 56.5 Å². The van der Waals surface area contributed by atoms with Gasteiger partial charge in [0.25, 0.3) is 0 Å². The molecule has 3 aromatic rings. The monoisotopic (exact) mass is 520 g/mol. The summed E-state index contributed by atoms with van der Waals surface area (Å²) < 4.78 is 39.5. The van der Waals surface area contributed by atoms with Gasteiger partial charge in [-0.15, -0.1) is 11.3 Å². The number of aromatic nitrogens is 3. The molecule has 0 radical (unpaired) electrons. The highest BCUT2D eigenvalue weighted by Crippen LogP contribution is 2.40. The van der Waals surface area contributed by atoms with E-state index in [0.717, 1.165) is 42.9 Å². The molecular weight excluding hydrogens is 493 g/mol. The topological polar surface area (TPSA) is 103 Å². The molecule has 2 fully saturated rings. The molecule has 12 heteroatoms. The summed E-state index contributed by atoms with van der Waals surface area (Å²) in [6.07, 6.45) is 0.420. The number of alkyl halides is 3. The van der Waals surface area contributed by atoms with Crippen LogP contribution in [0.4, 0.5) is 19.0 Å². The quantitative estimate of drug-likeness (QED) is 0.458. The van der Waals surface area contributed by atoms with Gasteiger partial charge in [0, 0.05) is 30.7 Å². The summed E-state index contributed by atoms with van der Waals surface area (Å²) >= 11 is 1.48. The minimum Gasteiger partial charge on any atom is -0.384 e. The minimum absolute atomic E-state index is 0.0160. The number of nitrogens with zero attached hydrogens (tertiary/aromatic N) is 4. The minimum atomic E-state index is -4.48. The fourth-order valence-electron chi connectivity index (χ4n) is 5.04. The number of carbonyl (C=O) groups is 1. The molecule has 1 saturated carbocycles. The van der Waals surface area contributed by atoms with Crippen molar-refractivity contribution in [2.75, 3.05) is 25.0 Å². The van der Waals surface area contributed by atoms with E-state index in [2.05, 4.69) is 30.5 Å². The summed E-state index contributed by atoms with van der Waals surface area (Å²) in [4.78, 5) is 28.2. The summed E-state index contributed by atoms with van der Waals surface area (Å²) in [5.74, 6) is 0.346. The third-order valence-corrected chi connectivity index (χ3v) is 7.98. The van der Waals surface area contributed by atoms with Crippen molar-refractivity contribution in [2.24, 2.45) is 0 Å². The molecule has 2 aliphatic rings. The number of nitrogens with one attached hydrogen (secondary N) is 2. The average Bonchev–Trinajstić information content (AvgIpc) is 3.35. The normalized spacial score (nSPS) is 23.4. The van der Waals surface area contributed by atoms with Crippen LogP contribution in [0.3, 0.4) is 0 Å². The molecule has 3 heterocycles. The van der Waals surface area contributed by atoms with Gasteiger partial charge in [-0.05, 0) is 50.8 Å². The first-order valence-electron chi connectivity index (χ1n) is 11.8. The second-order valence-electron chi connectivity index (χ2n) is 9.55. The van der Waals surface area contributed by atoms with Gasteiger partial charge in [0.2, 0.25) is 5.91 Å². The van der Waals surface area contributed by atoms with Gasteiger partial charge in [-0.2, -0.15) is 13.2 Å². The fraction of sp³-hybridized carbons (Fsp3) is 0.500. The Balaban J connectivity index is 1.12. The van der Waals surface area contributed by atoms with Crippen LogP contribution in [0.15, 0.2) is 29.9 Å². The molecule has 0 atom stereocenters. The zero-order valence-corrected chi connectivity index (χ0v) is 20.5. The van der Waals surface area contributed by atoms with Gasteiger partial charge in [-0.25, -0.2) is 9.97 Å². The molecule has 3 N–H and O–H groups in total. The largest absolute Gasteiger partial charge is 0.416 e. The van der Waals surface area contributed by atoms with E-state index in [-0.39, 0.29) is 29.7 Å². The highest BCUT2D eigenvalue weighted by molar-refractivity contribution is 7.09. The molecule has 0 spiro atoms. The molecule has 0 bridgehead atoms. The Morgan fingerprint density at radius 2 is 2.00 bits per heavy atom. The Kier molecular flexibility index (Phi) is 6.60. The number of benzene rings is 1. The highest BCUT2D eigenvalue weighted by Gasteiger charge is 2.41. The van der Waals surface area contributed by atoms with Crippen molar-refractivity contribution in [3.8, 4) is 0 Å². The second kappa shape index (κ2) is 9.56. The van der Waals surface area contributed by atoms with Crippen molar-refractivity contribution in [1.29, 1.82) is 0 Å². The number of hydrogen-bond acceptors (Lipinski definition) is 8. The number of aliphatic hydroxyl groups is 1. The zero-order valence-electron chi connectivity index (χ0n) is 19.7. The molecule has 1 aliphatic heterocycles. The predicted octanol–water partition coefficient (Wildman–Crippen LogP) is 3.46. The predicted molar refractivity (Wildman–Crippen MR) is 130 cm³/mol. The summed E-state index contributed by atoms with van der Waals surface area (Å²) in [6.45, 7) is 3.01. The van der Waals surface area contributed by atoms with Crippen LogP contribution in [0, 0.1) is 6.92 Å². The van der Waals surface area contributed by atoms with Crippen LogP contribution in [0.2, 0.25) is 0 Å².